The van der Waals surface area contributed by atoms with E-state index in [1.165, 1.54) is 12.1 Å². The molecule has 3 atom stereocenters. The summed E-state index contributed by atoms with van der Waals surface area (Å²) < 4.78 is 88.8. The van der Waals surface area contributed by atoms with E-state index >= 15 is 0 Å². The number of nitrogens with zero attached hydrogens (tertiary/aromatic N) is 2. The first kappa shape index (κ1) is 31.9. The number of carboxylic acids is 2. The van der Waals surface area contributed by atoms with E-state index in [2.05, 4.69) is 9.88 Å². The molecule has 0 radical (unpaired) electrons. The molecule has 0 amide bonds. The Labute approximate surface area is 218 Å². The maximum absolute atomic E-state index is 13.1. The Morgan fingerprint density at radius 2 is 1.59 bits per heavy atom. The lowest BCUT2D eigenvalue weighted by Crippen LogP contribution is -2.41. The van der Waals surface area contributed by atoms with Crippen LogP contribution in [0.5, 0.6) is 0 Å². The number of benzene rings is 1. The van der Waals surface area contributed by atoms with Crippen molar-refractivity contribution < 1.29 is 60.0 Å². The van der Waals surface area contributed by atoms with Gasteiger partial charge in [0.25, 0.3) is 0 Å². The Balaban J connectivity index is 0.000000317. The number of aliphatic carboxylic acids is 2. The van der Waals surface area contributed by atoms with Crippen molar-refractivity contribution in [3.63, 3.8) is 0 Å². The number of hydrogen-bond acceptors (Lipinski definition) is 6. The van der Waals surface area contributed by atoms with E-state index in [9.17, 15) is 30.7 Å². The van der Waals surface area contributed by atoms with Crippen molar-refractivity contribution in [2.75, 3.05) is 13.2 Å². The predicted octanol–water partition coefficient (Wildman–Crippen LogP) is 4.44. The number of carbonyl (C=O) groups is 2. The maximum atomic E-state index is 13.1. The van der Waals surface area contributed by atoms with Gasteiger partial charge in [-0.25, -0.2) is 14.0 Å². The standard InChI is InChI=1S/C20H23FN2O2.2C2HF3O2/c21-16-8-6-15(7-9-16)12-23-13-19(20-18(23)5-3-11-24-20)25-14-17-4-1-2-10-22-17;2*3-2(4,5)1(6)7/h1-2,4,6-10,18-20H,3,5,11-14H2;2*(H,6,7)/t18-,19+,20+;;/m0../s1. The van der Waals surface area contributed by atoms with E-state index in [0.29, 0.717) is 12.6 Å². The molecular formula is C24H25F7N2O6. The van der Waals surface area contributed by atoms with Crippen molar-refractivity contribution in [3.05, 3.63) is 65.7 Å². The average molecular weight is 570 g/mol. The summed E-state index contributed by atoms with van der Waals surface area (Å²) in [4.78, 5) is 24.5. The second-order valence-corrected chi connectivity index (χ2v) is 8.38. The van der Waals surface area contributed by atoms with Crippen LogP contribution in [0.4, 0.5) is 30.7 Å². The van der Waals surface area contributed by atoms with Gasteiger partial charge in [0.15, 0.2) is 0 Å². The molecule has 0 saturated carbocycles. The first-order valence-corrected chi connectivity index (χ1v) is 11.4. The lowest BCUT2D eigenvalue weighted by Gasteiger charge is -2.32. The summed E-state index contributed by atoms with van der Waals surface area (Å²) in [6, 6.07) is 13.0. The largest absolute Gasteiger partial charge is 0.490 e. The van der Waals surface area contributed by atoms with Gasteiger partial charge in [-0.1, -0.05) is 18.2 Å². The summed E-state index contributed by atoms with van der Waals surface area (Å²) in [6.45, 7) is 2.94. The minimum atomic E-state index is -5.08. The molecule has 8 nitrogen and oxygen atoms in total. The third-order valence-electron chi connectivity index (χ3n) is 5.54. The fraction of sp³-hybridized carbons (Fsp3) is 0.458. The molecule has 2 fully saturated rings. The van der Waals surface area contributed by atoms with E-state index in [1.807, 2.05) is 30.3 Å². The van der Waals surface area contributed by atoms with Crippen molar-refractivity contribution >= 4 is 11.9 Å². The van der Waals surface area contributed by atoms with Crippen LogP contribution >= 0.6 is 0 Å². The van der Waals surface area contributed by atoms with Crippen LogP contribution < -0.4 is 0 Å². The molecule has 2 aliphatic rings. The van der Waals surface area contributed by atoms with Crippen LogP contribution in [-0.4, -0.2) is 75.8 Å². The number of hydrogen-bond donors (Lipinski definition) is 2. The molecule has 0 spiro atoms. The Morgan fingerprint density at radius 3 is 2.10 bits per heavy atom. The maximum Gasteiger partial charge on any atom is 0.490 e. The van der Waals surface area contributed by atoms with Gasteiger partial charge in [-0.15, -0.1) is 0 Å². The van der Waals surface area contributed by atoms with Crippen LogP contribution in [0, 0.1) is 5.82 Å². The third-order valence-corrected chi connectivity index (χ3v) is 5.54. The van der Waals surface area contributed by atoms with Crippen molar-refractivity contribution in [1.29, 1.82) is 0 Å². The fourth-order valence-corrected chi connectivity index (χ4v) is 3.83. The normalized spacial score (nSPS) is 21.1. The zero-order valence-electron chi connectivity index (χ0n) is 20.2. The number of ether oxygens (including phenoxy) is 2. The quantitative estimate of drug-likeness (QED) is 0.509. The topological polar surface area (TPSA) is 109 Å². The van der Waals surface area contributed by atoms with Gasteiger partial charge >= 0.3 is 24.3 Å². The molecule has 39 heavy (non-hydrogen) atoms. The Hall–Kier alpha value is -3.30. The number of pyridine rings is 1. The molecule has 2 N–H and O–H groups in total. The number of alkyl halides is 6. The molecular weight excluding hydrogens is 545 g/mol. The number of fused-ring (bicyclic) bond motifs is 1. The third kappa shape index (κ3) is 10.8. The van der Waals surface area contributed by atoms with E-state index < -0.39 is 24.3 Å². The van der Waals surface area contributed by atoms with E-state index in [1.54, 1.807) is 6.20 Å². The van der Waals surface area contributed by atoms with Crippen molar-refractivity contribution in [3.8, 4) is 0 Å². The number of likely N-dealkylation sites (tertiary alicyclic amines) is 1. The molecule has 0 bridgehead atoms. The lowest BCUT2D eigenvalue weighted by molar-refractivity contribution is -0.193. The highest BCUT2D eigenvalue weighted by atomic mass is 19.4. The van der Waals surface area contributed by atoms with Gasteiger partial charge in [-0.2, -0.15) is 26.3 Å². The Morgan fingerprint density at radius 1 is 1.00 bits per heavy atom. The highest BCUT2D eigenvalue weighted by Crippen LogP contribution is 2.32. The van der Waals surface area contributed by atoms with Gasteiger partial charge in [0.1, 0.15) is 11.9 Å². The van der Waals surface area contributed by atoms with Gasteiger partial charge < -0.3 is 19.7 Å². The summed E-state index contributed by atoms with van der Waals surface area (Å²) in [5.74, 6) is -5.71. The molecule has 4 rings (SSSR count). The van der Waals surface area contributed by atoms with Crippen molar-refractivity contribution in [2.45, 2.75) is 56.6 Å². The zero-order valence-corrected chi connectivity index (χ0v) is 20.2. The molecule has 1 aromatic carbocycles. The van der Waals surface area contributed by atoms with Gasteiger partial charge in [0, 0.05) is 31.9 Å². The van der Waals surface area contributed by atoms with E-state index in [4.69, 9.17) is 29.3 Å². The van der Waals surface area contributed by atoms with Crippen molar-refractivity contribution in [1.82, 2.24) is 9.88 Å². The lowest BCUT2D eigenvalue weighted by atomic mass is 10.0. The Kier molecular flexibility index (Phi) is 11.6. The molecule has 0 aliphatic carbocycles. The minimum Gasteiger partial charge on any atom is -0.475 e. The number of aromatic nitrogens is 1. The summed E-state index contributed by atoms with van der Waals surface area (Å²) in [7, 11) is 0. The molecule has 2 aliphatic heterocycles. The highest BCUT2D eigenvalue weighted by molar-refractivity contribution is 5.73. The van der Waals surface area contributed by atoms with Crippen LogP contribution in [0.1, 0.15) is 24.1 Å². The predicted molar refractivity (Wildman–Crippen MR) is 120 cm³/mol. The van der Waals surface area contributed by atoms with Crippen LogP contribution in [0.25, 0.3) is 0 Å². The SMILES string of the molecule is Fc1ccc(CN2C[C@@H](OCc3ccccn3)[C@@H]3OCCC[C@@H]32)cc1.O=C(O)C(F)(F)F.O=C(O)C(F)(F)F. The van der Waals surface area contributed by atoms with Crippen molar-refractivity contribution in [2.24, 2.45) is 0 Å². The van der Waals surface area contributed by atoms with Crippen LogP contribution in [0.15, 0.2) is 48.7 Å². The summed E-state index contributed by atoms with van der Waals surface area (Å²) in [5.41, 5.74) is 2.06. The van der Waals surface area contributed by atoms with Crippen LogP contribution in [-0.2, 0) is 32.2 Å². The van der Waals surface area contributed by atoms with Gasteiger partial charge in [-0.05, 0) is 42.7 Å². The second-order valence-electron chi connectivity index (χ2n) is 8.38. The molecule has 0 unspecified atom stereocenters. The number of carboxylic acid groups (broad SMARTS) is 2. The van der Waals surface area contributed by atoms with E-state index in [0.717, 1.165) is 43.8 Å². The minimum absolute atomic E-state index is 0.0488. The molecule has 3 heterocycles. The van der Waals surface area contributed by atoms with Gasteiger partial charge in [-0.3, -0.25) is 9.88 Å². The summed E-state index contributed by atoms with van der Waals surface area (Å²) in [6.07, 6.45) is -6.03. The smallest absolute Gasteiger partial charge is 0.475 e. The van der Waals surface area contributed by atoms with Gasteiger partial charge in [0.2, 0.25) is 0 Å². The number of rotatable bonds is 5. The number of halogens is 7. The first-order chi connectivity index (χ1) is 18.2. The summed E-state index contributed by atoms with van der Waals surface area (Å²) in [5, 5.41) is 14.2. The Bertz CT molecular complexity index is 1030. The molecule has 2 saturated heterocycles. The molecule has 216 valence electrons. The summed E-state index contributed by atoms with van der Waals surface area (Å²) >= 11 is 0. The van der Waals surface area contributed by atoms with Crippen LogP contribution in [0.2, 0.25) is 0 Å². The van der Waals surface area contributed by atoms with Crippen LogP contribution in [0.3, 0.4) is 0 Å². The second kappa shape index (κ2) is 14.2. The van der Waals surface area contributed by atoms with E-state index in [-0.39, 0.29) is 18.0 Å². The monoisotopic (exact) mass is 570 g/mol. The molecule has 15 heteroatoms. The fourth-order valence-electron chi connectivity index (χ4n) is 3.83. The van der Waals surface area contributed by atoms with Gasteiger partial charge in [0.05, 0.1) is 18.4 Å². The molecule has 2 aromatic rings. The average Bonchev–Trinajstić information content (AvgIpc) is 3.22. The molecule has 1 aromatic heterocycles. The first-order valence-electron chi connectivity index (χ1n) is 11.4. The highest BCUT2D eigenvalue weighted by Gasteiger charge is 2.44. The zero-order chi connectivity index (χ0) is 29.2.